The van der Waals surface area contributed by atoms with Crippen LogP contribution in [0.1, 0.15) is 24.0 Å². The third-order valence-electron chi connectivity index (χ3n) is 7.15. The number of carbonyl (C=O) groups is 3. The van der Waals surface area contributed by atoms with Gasteiger partial charge in [-0.3, -0.25) is 9.59 Å². The molecule has 4 rings (SSSR count). The summed E-state index contributed by atoms with van der Waals surface area (Å²) >= 11 is 3.28. The lowest BCUT2D eigenvalue weighted by atomic mass is 9.87. The van der Waals surface area contributed by atoms with Gasteiger partial charge in [0.05, 0.1) is 42.9 Å². The number of amides is 2. The molecule has 0 aromatic heterocycles. The van der Waals surface area contributed by atoms with Gasteiger partial charge >= 0.3 is 6.09 Å². The summed E-state index contributed by atoms with van der Waals surface area (Å²) in [4.78, 5) is 41.4. The van der Waals surface area contributed by atoms with Gasteiger partial charge in [0.25, 0.3) is 0 Å². The molecule has 0 bridgehead atoms. The Balaban J connectivity index is 1.52. The van der Waals surface area contributed by atoms with E-state index in [1.165, 1.54) is 6.08 Å². The monoisotopic (exact) mass is 645 g/mol. The molecule has 11 heteroatoms. The van der Waals surface area contributed by atoms with Crippen molar-refractivity contribution >= 4 is 33.7 Å². The van der Waals surface area contributed by atoms with Crippen molar-refractivity contribution in [1.82, 2.24) is 4.90 Å². The molecular weight excluding hydrogens is 610 g/mol. The number of ketones is 1. The number of aliphatic hydroxyl groups is 2. The van der Waals surface area contributed by atoms with Gasteiger partial charge in [-0.1, -0.05) is 60.7 Å². The highest BCUT2D eigenvalue weighted by molar-refractivity contribution is 9.11. The minimum absolute atomic E-state index is 0.0391. The molecule has 2 aromatic rings. The van der Waals surface area contributed by atoms with Crippen molar-refractivity contribution in [2.45, 2.75) is 43.6 Å². The molecule has 2 aliphatic heterocycles. The molecule has 2 N–H and O–H groups in total. The van der Waals surface area contributed by atoms with Gasteiger partial charge in [0.1, 0.15) is 12.7 Å². The van der Waals surface area contributed by atoms with Crippen LogP contribution in [-0.4, -0.2) is 90.5 Å². The van der Waals surface area contributed by atoms with E-state index in [1.54, 1.807) is 0 Å². The maximum Gasteiger partial charge on any atom is 0.416 e. The standard InChI is InChI=1S/C31H36BrNO9/c32-27-20-26(35)28(42-31(27,38)12-7-14-39-16-17-40-15-13-34)25(19-23-10-5-2-6-11-23)29(36)33-24(21-41-30(33)37)18-22-8-3-1-4-9-22/h1-6,8-11,20,24-25,28,34,38H,7,12-19,21H2/t24-,25-,28-,31+/m0/s1. The van der Waals surface area contributed by atoms with Crippen LogP contribution in [-0.2, 0) is 41.4 Å². The molecule has 0 unspecified atom stereocenters. The number of hydrogen-bond acceptors (Lipinski definition) is 9. The molecule has 0 radical (unpaired) electrons. The van der Waals surface area contributed by atoms with Crippen molar-refractivity contribution < 1.29 is 43.5 Å². The smallest absolute Gasteiger partial charge is 0.416 e. The Hall–Kier alpha value is -2.93. The van der Waals surface area contributed by atoms with Crippen LogP contribution in [0.3, 0.4) is 0 Å². The van der Waals surface area contributed by atoms with Gasteiger partial charge in [0, 0.05) is 13.0 Å². The number of ether oxygens (including phenoxy) is 4. The second kappa shape index (κ2) is 15.5. The van der Waals surface area contributed by atoms with E-state index in [9.17, 15) is 19.5 Å². The van der Waals surface area contributed by atoms with Crippen LogP contribution in [0.25, 0.3) is 0 Å². The topological polar surface area (TPSA) is 132 Å². The summed E-state index contributed by atoms with van der Waals surface area (Å²) in [5, 5.41) is 20.2. The van der Waals surface area contributed by atoms with Gasteiger partial charge < -0.3 is 29.2 Å². The van der Waals surface area contributed by atoms with Crippen LogP contribution >= 0.6 is 15.9 Å². The van der Waals surface area contributed by atoms with Gasteiger partial charge in [-0.25, -0.2) is 9.69 Å². The summed E-state index contributed by atoms with van der Waals surface area (Å²) in [5.41, 5.74) is 1.71. The lowest BCUT2D eigenvalue weighted by molar-refractivity contribution is -0.218. The summed E-state index contributed by atoms with van der Waals surface area (Å²) in [6.45, 7) is 1.15. The van der Waals surface area contributed by atoms with E-state index >= 15 is 0 Å². The van der Waals surface area contributed by atoms with Gasteiger partial charge in [0.15, 0.2) is 11.6 Å². The van der Waals surface area contributed by atoms with Crippen LogP contribution in [0.2, 0.25) is 0 Å². The largest absolute Gasteiger partial charge is 0.447 e. The van der Waals surface area contributed by atoms with Gasteiger partial charge in [-0.05, 0) is 52.4 Å². The predicted molar refractivity (Wildman–Crippen MR) is 156 cm³/mol. The zero-order chi connectivity index (χ0) is 30.0. The number of nitrogens with zero attached hydrogens (tertiary/aromatic N) is 1. The Bertz CT molecular complexity index is 1230. The normalized spacial score (nSPS) is 23.0. The van der Waals surface area contributed by atoms with E-state index in [2.05, 4.69) is 15.9 Å². The number of benzene rings is 2. The van der Waals surface area contributed by atoms with Gasteiger partial charge in [-0.15, -0.1) is 0 Å². The first-order chi connectivity index (χ1) is 20.3. The summed E-state index contributed by atoms with van der Waals surface area (Å²) in [7, 11) is 0. The number of hydrogen-bond donors (Lipinski definition) is 2. The second-order valence-corrected chi connectivity index (χ2v) is 11.0. The van der Waals surface area contributed by atoms with Crippen LogP contribution in [0, 0.1) is 5.92 Å². The fraction of sp³-hybridized carbons (Fsp3) is 0.452. The molecule has 0 spiro atoms. The summed E-state index contributed by atoms with van der Waals surface area (Å²) in [6, 6.07) is 18.1. The quantitative estimate of drug-likeness (QED) is 0.280. The van der Waals surface area contributed by atoms with Crippen molar-refractivity contribution in [2.75, 3.05) is 39.6 Å². The van der Waals surface area contributed by atoms with E-state index in [-0.39, 0.29) is 37.1 Å². The maximum atomic E-state index is 14.1. The molecule has 2 aromatic carbocycles. The number of aliphatic hydroxyl groups excluding tert-OH is 1. The van der Waals surface area contributed by atoms with Crippen molar-refractivity contribution in [3.63, 3.8) is 0 Å². The van der Waals surface area contributed by atoms with Crippen molar-refractivity contribution in [3.8, 4) is 0 Å². The highest BCUT2D eigenvalue weighted by Gasteiger charge is 2.49. The van der Waals surface area contributed by atoms with E-state index < -0.39 is 41.6 Å². The molecule has 2 aliphatic rings. The molecule has 10 nitrogen and oxygen atoms in total. The second-order valence-electron chi connectivity index (χ2n) is 10.2. The maximum absolute atomic E-state index is 14.1. The highest BCUT2D eigenvalue weighted by atomic mass is 79.9. The third kappa shape index (κ3) is 8.33. The molecule has 0 aliphatic carbocycles. The lowest BCUT2D eigenvalue weighted by Crippen LogP contribution is -2.53. The molecular formula is C31H36BrNO9. The zero-order valence-corrected chi connectivity index (χ0v) is 24.8. The fourth-order valence-electron chi connectivity index (χ4n) is 5.04. The number of imide groups is 1. The molecule has 2 heterocycles. The first kappa shape index (κ1) is 32.0. The molecule has 2 amide bonds. The Morgan fingerprint density at radius 2 is 1.64 bits per heavy atom. The van der Waals surface area contributed by atoms with Crippen LogP contribution in [0.4, 0.5) is 4.79 Å². The molecule has 1 saturated heterocycles. The molecule has 4 atom stereocenters. The summed E-state index contributed by atoms with van der Waals surface area (Å²) < 4.78 is 22.2. The first-order valence-electron chi connectivity index (χ1n) is 14.0. The van der Waals surface area contributed by atoms with E-state index in [4.69, 9.17) is 24.1 Å². The fourth-order valence-corrected chi connectivity index (χ4v) is 5.56. The molecule has 1 fully saturated rings. The summed E-state index contributed by atoms with van der Waals surface area (Å²) in [5.74, 6) is -4.07. The Labute approximate surface area is 253 Å². The first-order valence-corrected chi connectivity index (χ1v) is 14.8. The third-order valence-corrected chi connectivity index (χ3v) is 8.00. The SMILES string of the molecule is O=C1C=C(Br)[C@@](O)(CCCOCCOCCO)O[C@H]1[C@H](Cc1ccccc1)C(=O)N1C(=O)OC[C@@H]1Cc1ccccc1. The van der Waals surface area contributed by atoms with Gasteiger partial charge in [0.2, 0.25) is 5.91 Å². The van der Waals surface area contributed by atoms with Crippen LogP contribution < -0.4 is 0 Å². The van der Waals surface area contributed by atoms with Crippen molar-refractivity contribution in [3.05, 3.63) is 82.3 Å². The Morgan fingerprint density at radius 3 is 2.31 bits per heavy atom. The molecule has 42 heavy (non-hydrogen) atoms. The molecule has 0 saturated carbocycles. The molecule has 226 valence electrons. The van der Waals surface area contributed by atoms with E-state index in [0.717, 1.165) is 16.0 Å². The Kier molecular flexibility index (Phi) is 11.8. The minimum Gasteiger partial charge on any atom is -0.447 e. The van der Waals surface area contributed by atoms with Crippen LogP contribution in [0.5, 0.6) is 0 Å². The number of cyclic esters (lactones) is 1. The van der Waals surface area contributed by atoms with E-state index in [0.29, 0.717) is 32.7 Å². The summed E-state index contributed by atoms with van der Waals surface area (Å²) in [6.07, 6.45) is 0.103. The number of carbonyl (C=O) groups excluding carboxylic acids is 3. The zero-order valence-electron chi connectivity index (χ0n) is 23.2. The number of halogens is 1. The Morgan fingerprint density at radius 1 is 1.00 bits per heavy atom. The number of rotatable bonds is 15. The van der Waals surface area contributed by atoms with Crippen LogP contribution in [0.15, 0.2) is 71.2 Å². The lowest BCUT2D eigenvalue weighted by Gasteiger charge is -2.38. The van der Waals surface area contributed by atoms with Crippen molar-refractivity contribution in [1.29, 1.82) is 0 Å². The minimum atomic E-state index is -1.88. The average Bonchev–Trinajstić information content (AvgIpc) is 3.35. The van der Waals surface area contributed by atoms with Gasteiger partial charge in [-0.2, -0.15) is 0 Å². The highest BCUT2D eigenvalue weighted by Crippen LogP contribution is 2.38. The van der Waals surface area contributed by atoms with E-state index in [1.807, 2.05) is 60.7 Å². The van der Waals surface area contributed by atoms with Crippen molar-refractivity contribution in [2.24, 2.45) is 5.92 Å². The predicted octanol–water partition coefficient (Wildman–Crippen LogP) is 3.18. The average molecular weight is 647 g/mol.